The molecule has 0 spiro atoms. The SMILES string of the molecule is O=C(Nc1n[nH]c2cc(O)ccc12)c1cnn(-c2ccc(Cl)cc2Cl)c1. The van der Waals surface area contributed by atoms with Crippen molar-refractivity contribution in [3.63, 3.8) is 0 Å². The lowest BCUT2D eigenvalue weighted by atomic mass is 10.2. The number of nitrogens with one attached hydrogen (secondary N) is 2. The van der Waals surface area contributed by atoms with Crippen molar-refractivity contribution in [3.05, 3.63) is 64.4 Å². The molecule has 0 unspecified atom stereocenters. The number of halogens is 2. The Kier molecular flexibility index (Phi) is 4.02. The number of anilines is 1. The van der Waals surface area contributed by atoms with Gasteiger partial charge in [0.2, 0.25) is 0 Å². The van der Waals surface area contributed by atoms with Crippen LogP contribution in [0.2, 0.25) is 10.0 Å². The smallest absolute Gasteiger partial charge is 0.260 e. The first-order valence-corrected chi connectivity index (χ1v) is 8.25. The number of aromatic nitrogens is 4. The molecular formula is C17H11Cl2N5O2. The van der Waals surface area contributed by atoms with Gasteiger partial charge < -0.3 is 10.4 Å². The van der Waals surface area contributed by atoms with E-state index in [1.807, 2.05) is 0 Å². The second-order valence-corrected chi connectivity index (χ2v) is 6.37. The zero-order valence-corrected chi connectivity index (χ0v) is 14.6. The molecule has 2 aromatic heterocycles. The summed E-state index contributed by atoms with van der Waals surface area (Å²) in [5.74, 6) is 0.102. The summed E-state index contributed by atoms with van der Waals surface area (Å²) in [6.45, 7) is 0. The molecule has 1 amide bonds. The minimum absolute atomic E-state index is 0.111. The van der Waals surface area contributed by atoms with E-state index in [1.165, 1.54) is 23.0 Å². The molecule has 9 heteroatoms. The number of carbonyl (C=O) groups excluding carboxylic acids is 1. The van der Waals surface area contributed by atoms with Crippen molar-refractivity contribution in [1.82, 2.24) is 20.0 Å². The van der Waals surface area contributed by atoms with Crippen molar-refractivity contribution in [2.24, 2.45) is 0 Å². The molecule has 26 heavy (non-hydrogen) atoms. The van der Waals surface area contributed by atoms with Crippen molar-refractivity contribution >= 4 is 45.8 Å². The van der Waals surface area contributed by atoms with E-state index in [0.717, 1.165) is 0 Å². The summed E-state index contributed by atoms with van der Waals surface area (Å²) in [5.41, 5.74) is 1.56. The number of fused-ring (bicyclic) bond motifs is 1. The zero-order chi connectivity index (χ0) is 18.3. The fourth-order valence-electron chi connectivity index (χ4n) is 2.52. The minimum Gasteiger partial charge on any atom is -0.508 e. The highest BCUT2D eigenvalue weighted by Gasteiger charge is 2.14. The van der Waals surface area contributed by atoms with E-state index < -0.39 is 0 Å². The highest BCUT2D eigenvalue weighted by molar-refractivity contribution is 6.35. The Morgan fingerprint density at radius 2 is 2.04 bits per heavy atom. The van der Waals surface area contributed by atoms with E-state index in [-0.39, 0.29) is 11.7 Å². The Labute approximate surface area is 157 Å². The predicted octanol–water partition coefficient (Wildman–Crippen LogP) is 4.01. The zero-order valence-electron chi connectivity index (χ0n) is 13.1. The first kappa shape index (κ1) is 16.4. The van der Waals surface area contributed by atoms with Gasteiger partial charge in [-0.05, 0) is 30.3 Å². The molecular weight excluding hydrogens is 377 g/mol. The molecule has 3 N–H and O–H groups in total. The van der Waals surface area contributed by atoms with Crippen LogP contribution in [0.5, 0.6) is 5.75 Å². The van der Waals surface area contributed by atoms with Crippen molar-refractivity contribution in [1.29, 1.82) is 0 Å². The Hall–Kier alpha value is -3.03. The molecule has 4 rings (SSSR count). The number of benzene rings is 2. The Balaban J connectivity index is 1.60. The fourth-order valence-corrected chi connectivity index (χ4v) is 3.02. The van der Waals surface area contributed by atoms with Gasteiger partial charge in [-0.1, -0.05) is 23.2 Å². The van der Waals surface area contributed by atoms with Gasteiger partial charge in [-0.15, -0.1) is 0 Å². The molecule has 4 aromatic rings. The third-order valence-corrected chi connectivity index (χ3v) is 4.32. The minimum atomic E-state index is -0.372. The maximum atomic E-state index is 12.5. The molecule has 0 aliphatic heterocycles. The van der Waals surface area contributed by atoms with Crippen LogP contribution in [0.15, 0.2) is 48.8 Å². The Bertz CT molecular complexity index is 1140. The highest BCUT2D eigenvalue weighted by atomic mass is 35.5. The van der Waals surface area contributed by atoms with Gasteiger partial charge in [0, 0.05) is 22.7 Å². The number of rotatable bonds is 3. The maximum absolute atomic E-state index is 12.5. The van der Waals surface area contributed by atoms with Crippen LogP contribution in [0.1, 0.15) is 10.4 Å². The third kappa shape index (κ3) is 2.98. The molecule has 0 bridgehead atoms. The van der Waals surface area contributed by atoms with Gasteiger partial charge in [0.15, 0.2) is 5.82 Å². The molecule has 7 nitrogen and oxygen atoms in total. The van der Waals surface area contributed by atoms with Crippen LogP contribution in [-0.4, -0.2) is 31.0 Å². The number of carbonyl (C=O) groups is 1. The standard InChI is InChI=1S/C17H11Cl2N5O2/c18-10-1-4-15(13(19)5-10)24-8-9(7-20-24)17(26)21-16-12-3-2-11(25)6-14(12)22-23-16/h1-8,25H,(H2,21,22,23,26). The first-order chi connectivity index (χ1) is 12.5. The summed E-state index contributed by atoms with van der Waals surface area (Å²) in [5, 5.41) is 24.8. The number of amides is 1. The van der Waals surface area contributed by atoms with E-state index in [2.05, 4.69) is 20.6 Å². The van der Waals surface area contributed by atoms with Crippen LogP contribution in [-0.2, 0) is 0 Å². The van der Waals surface area contributed by atoms with Gasteiger partial charge in [0.05, 0.1) is 28.0 Å². The van der Waals surface area contributed by atoms with Crippen LogP contribution in [0.25, 0.3) is 16.6 Å². The number of phenols is 1. The normalized spacial score (nSPS) is 11.0. The molecule has 2 heterocycles. The number of phenolic OH excluding ortho intramolecular Hbond substituents is 1. The van der Waals surface area contributed by atoms with Crippen molar-refractivity contribution in [3.8, 4) is 11.4 Å². The number of nitrogens with zero attached hydrogens (tertiary/aromatic N) is 3. The maximum Gasteiger partial charge on any atom is 0.260 e. The predicted molar refractivity (Wildman–Crippen MR) is 99.3 cm³/mol. The average molecular weight is 388 g/mol. The summed E-state index contributed by atoms with van der Waals surface area (Å²) in [7, 11) is 0. The number of hydrogen-bond acceptors (Lipinski definition) is 4. The van der Waals surface area contributed by atoms with Crippen LogP contribution < -0.4 is 5.32 Å². The number of H-pyrrole nitrogens is 1. The van der Waals surface area contributed by atoms with E-state index in [0.29, 0.717) is 38.0 Å². The topological polar surface area (TPSA) is 95.8 Å². The van der Waals surface area contributed by atoms with Crippen molar-refractivity contribution in [2.45, 2.75) is 0 Å². The molecule has 0 atom stereocenters. The van der Waals surface area contributed by atoms with Crippen LogP contribution in [0.3, 0.4) is 0 Å². The molecule has 0 saturated heterocycles. The van der Waals surface area contributed by atoms with Crippen LogP contribution in [0.4, 0.5) is 5.82 Å². The van der Waals surface area contributed by atoms with Crippen LogP contribution in [0, 0.1) is 0 Å². The van der Waals surface area contributed by atoms with Gasteiger partial charge >= 0.3 is 0 Å². The van der Waals surface area contributed by atoms with E-state index in [1.54, 1.807) is 30.5 Å². The lowest BCUT2D eigenvalue weighted by Gasteiger charge is -2.04. The van der Waals surface area contributed by atoms with Crippen molar-refractivity contribution < 1.29 is 9.90 Å². The quantitative estimate of drug-likeness (QED) is 0.494. The van der Waals surface area contributed by atoms with Gasteiger partial charge in [-0.3, -0.25) is 9.89 Å². The van der Waals surface area contributed by atoms with Gasteiger partial charge in [-0.2, -0.15) is 10.2 Å². The molecule has 0 fully saturated rings. The van der Waals surface area contributed by atoms with Crippen LogP contribution >= 0.6 is 23.2 Å². The summed E-state index contributed by atoms with van der Waals surface area (Å²) in [4.78, 5) is 12.5. The summed E-state index contributed by atoms with van der Waals surface area (Å²) < 4.78 is 1.49. The monoisotopic (exact) mass is 387 g/mol. The van der Waals surface area contributed by atoms with Gasteiger partial charge in [0.25, 0.3) is 5.91 Å². The third-order valence-electron chi connectivity index (χ3n) is 3.78. The Morgan fingerprint density at radius 1 is 1.19 bits per heavy atom. The summed E-state index contributed by atoms with van der Waals surface area (Å²) >= 11 is 12.1. The average Bonchev–Trinajstić information content (AvgIpc) is 3.22. The largest absolute Gasteiger partial charge is 0.508 e. The van der Waals surface area contributed by atoms with Gasteiger partial charge in [0.1, 0.15) is 5.75 Å². The number of hydrogen-bond donors (Lipinski definition) is 3. The molecule has 0 radical (unpaired) electrons. The molecule has 0 aliphatic rings. The van der Waals surface area contributed by atoms with E-state index >= 15 is 0 Å². The first-order valence-electron chi connectivity index (χ1n) is 7.50. The Morgan fingerprint density at radius 3 is 2.85 bits per heavy atom. The highest BCUT2D eigenvalue weighted by Crippen LogP contribution is 2.26. The summed E-state index contributed by atoms with van der Waals surface area (Å²) in [6.07, 6.45) is 2.99. The molecule has 0 aliphatic carbocycles. The number of aromatic hydroxyl groups is 1. The molecule has 130 valence electrons. The van der Waals surface area contributed by atoms with E-state index in [4.69, 9.17) is 23.2 Å². The lowest BCUT2D eigenvalue weighted by Crippen LogP contribution is -2.11. The lowest BCUT2D eigenvalue weighted by molar-refractivity contribution is 0.102. The molecule has 2 aromatic carbocycles. The van der Waals surface area contributed by atoms with E-state index in [9.17, 15) is 9.90 Å². The second kappa shape index (κ2) is 6.36. The number of aromatic amines is 1. The molecule has 0 saturated carbocycles. The second-order valence-electron chi connectivity index (χ2n) is 5.53. The fraction of sp³-hybridized carbons (Fsp3) is 0. The van der Waals surface area contributed by atoms with Gasteiger partial charge in [-0.25, -0.2) is 4.68 Å². The van der Waals surface area contributed by atoms with Crippen molar-refractivity contribution in [2.75, 3.05) is 5.32 Å². The summed E-state index contributed by atoms with van der Waals surface area (Å²) in [6, 6.07) is 9.72.